The van der Waals surface area contributed by atoms with Crippen LogP contribution in [0.1, 0.15) is 60.8 Å². The molecule has 1 atom stereocenters. The van der Waals surface area contributed by atoms with Crippen molar-refractivity contribution in [3.63, 3.8) is 0 Å². The zero-order valence-corrected chi connectivity index (χ0v) is 14.1. The summed E-state index contributed by atoms with van der Waals surface area (Å²) in [5.74, 6) is 0.268. The van der Waals surface area contributed by atoms with Gasteiger partial charge < -0.3 is 9.64 Å². The van der Waals surface area contributed by atoms with Gasteiger partial charge in [0.2, 0.25) is 0 Å². The Morgan fingerprint density at radius 2 is 1.75 bits per heavy atom. The molecule has 0 bridgehead atoms. The van der Waals surface area contributed by atoms with Gasteiger partial charge in [0.05, 0.1) is 11.5 Å². The van der Waals surface area contributed by atoms with Crippen molar-refractivity contribution in [2.75, 3.05) is 19.6 Å². The number of hydrogen-bond donors (Lipinski definition) is 0. The van der Waals surface area contributed by atoms with Crippen molar-refractivity contribution >= 4 is 5.78 Å². The molecule has 1 unspecified atom stereocenters. The monoisotopic (exact) mass is 281 g/mol. The van der Waals surface area contributed by atoms with Crippen molar-refractivity contribution in [1.82, 2.24) is 4.90 Å². The Kier molecular flexibility index (Phi) is 4.07. The molecule has 2 rings (SSSR count). The van der Waals surface area contributed by atoms with E-state index in [9.17, 15) is 4.79 Å². The van der Waals surface area contributed by atoms with Crippen LogP contribution in [0.5, 0.6) is 0 Å². The minimum absolute atomic E-state index is 0.00119. The van der Waals surface area contributed by atoms with Crippen LogP contribution in [-0.2, 0) is 9.53 Å². The summed E-state index contributed by atoms with van der Waals surface area (Å²) in [6.07, 6.45) is 3.74. The number of Topliss-reactive ketones (excluding diaryl/α,β-unsaturated/α-hetero) is 1. The predicted octanol–water partition coefficient (Wildman–Crippen LogP) is 3.27. The van der Waals surface area contributed by atoms with E-state index in [1.54, 1.807) is 0 Å². The van der Waals surface area contributed by atoms with E-state index in [1.165, 1.54) is 19.3 Å². The fraction of sp³-hybridized carbons (Fsp3) is 0.941. The lowest BCUT2D eigenvalue weighted by Gasteiger charge is -2.30. The normalized spacial score (nSPS) is 33.1. The fourth-order valence-corrected chi connectivity index (χ4v) is 3.74. The standard InChI is InChI=1S/C17H31NO2/c1-15(2)8-7-10-18(11-9-15)12-13-14(19)17(5,6)20-16(13,3)4/h13H,7-12H2,1-6H3. The first kappa shape index (κ1) is 16.0. The highest BCUT2D eigenvalue weighted by Gasteiger charge is 2.53. The molecule has 2 aliphatic rings. The van der Waals surface area contributed by atoms with E-state index >= 15 is 0 Å². The second-order valence-electron chi connectivity index (χ2n) is 8.45. The van der Waals surface area contributed by atoms with Gasteiger partial charge in [0, 0.05) is 6.54 Å². The number of carbonyl (C=O) groups is 1. The maximum atomic E-state index is 12.6. The van der Waals surface area contributed by atoms with Gasteiger partial charge in [-0.05, 0) is 65.5 Å². The van der Waals surface area contributed by atoms with E-state index in [4.69, 9.17) is 4.74 Å². The molecule has 0 N–H and O–H groups in total. The zero-order chi connectivity index (χ0) is 15.2. The SMILES string of the molecule is CC1(C)CCCN(CC2C(=O)C(C)(C)OC2(C)C)CC1. The minimum Gasteiger partial charge on any atom is -0.361 e. The van der Waals surface area contributed by atoms with Gasteiger partial charge in [0.15, 0.2) is 5.78 Å². The first-order valence-corrected chi connectivity index (χ1v) is 8.00. The molecule has 20 heavy (non-hydrogen) atoms. The van der Waals surface area contributed by atoms with Crippen molar-refractivity contribution < 1.29 is 9.53 Å². The van der Waals surface area contributed by atoms with Crippen LogP contribution in [0.25, 0.3) is 0 Å². The number of ketones is 1. The van der Waals surface area contributed by atoms with Gasteiger partial charge in [-0.15, -0.1) is 0 Å². The molecule has 2 fully saturated rings. The summed E-state index contributed by atoms with van der Waals surface area (Å²) >= 11 is 0. The average Bonchev–Trinajstić information content (AvgIpc) is 2.41. The van der Waals surface area contributed by atoms with Gasteiger partial charge in [0.1, 0.15) is 5.60 Å². The molecule has 0 aromatic heterocycles. The number of hydrogen-bond acceptors (Lipinski definition) is 3. The lowest BCUT2D eigenvalue weighted by molar-refractivity contribution is -0.132. The third-order valence-electron chi connectivity index (χ3n) is 5.14. The summed E-state index contributed by atoms with van der Waals surface area (Å²) in [6.45, 7) is 15.7. The first-order chi connectivity index (χ1) is 9.04. The predicted molar refractivity (Wildman–Crippen MR) is 81.8 cm³/mol. The maximum absolute atomic E-state index is 12.6. The molecule has 2 heterocycles. The van der Waals surface area contributed by atoms with E-state index in [0.29, 0.717) is 5.41 Å². The highest BCUT2D eigenvalue weighted by molar-refractivity contribution is 5.91. The van der Waals surface area contributed by atoms with E-state index in [2.05, 4.69) is 32.6 Å². The van der Waals surface area contributed by atoms with E-state index in [0.717, 1.165) is 19.6 Å². The summed E-state index contributed by atoms with van der Waals surface area (Å²) in [5, 5.41) is 0. The topological polar surface area (TPSA) is 29.5 Å². The molecule has 0 spiro atoms. The van der Waals surface area contributed by atoms with Crippen LogP contribution >= 0.6 is 0 Å². The summed E-state index contributed by atoms with van der Waals surface area (Å²) in [5.41, 5.74) is -0.526. The van der Waals surface area contributed by atoms with E-state index in [-0.39, 0.29) is 17.3 Å². The van der Waals surface area contributed by atoms with Crippen LogP contribution in [0.3, 0.4) is 0 Å². The van der Waals surface area contributed by atoms with E-state index in [1.807, 2.05) is 13.8 Å². The van der Waals surface area contributed by atoms with Gasteiger partial charge in [-0.25, -0.2) is 0 Å². The highest BCUT2D eigenvalue weighted by atomic mass is 16.5. The van der Waals surface area contributed by atoms with Crippen LogP contribution < -0.4 is 0 Å². The smallest absolute Gasteiger partial charge is 0.171 e. The van der Waals surface area contributed by atoms with Crippen molar-refractivity contribution in [3.8, 4) is 0 Å². The molecule has 0 aliphatic carbocycles. The molecular weight excluding hydrogens is 250 g/mol. The van der Waals surface area contributed by atoms with Gasteiger partial charge in [-0.3, -0.25) is 4.79 Å². The third kappa shape index (κ3) is 3.25. The Labute approximate surface area is 124 Å². The second kappa shape index (κ2) is 5.10. The van der Waals surface area contributed by atoms with Crippen LogP contribution in [0.4, 0.5) is 0 Å². The van der Waals surface area contributed by atoms with Crippen LogP contribution in [0.15, 0.2) is 0 Å². The molecule has 3 nitrogen and oxygen atoms in total. The molecule has 116 valence electrons. The van der Waals surface area contributed by atoms with Gasteiger partial charge in [-0.2, -0.15) is 0 Å². The van der Waals surface area contributed by atoms with Gasteiger partial charge in [0.25, 0.3) is 0 Å². The number of likely N-dealkylation sites (tertiary alicyclic amines) is 1. The summed E-state index contributed by atoms with van der Waals surface area (Å²) in [6, 6.07) is 0. The Hall–Kier alpha value is -0.410. The Balaban J connectivity index is 2.04. The zero-order valence-electron chi connectivity index (χ0n) is 14.1. The number of nitrogens with zero attached hydrogens (tertiary/aromatic N) is 1. The molecule has 0 amide bonds. The third-order valence-corrected chi connectivity index (χ3v) is 5.14. The first-order valence-electron chi connectivity index (χ1n) is 8.00. The summed E-state index contributed by atoms with van der Waals surface area (Å²) < 4.78 is 6.00. The van der Waals surface area contributed by atoms with Crippen molar-refractivity contribution in [1.29, 1.82) is 0 Å². The minimum atomic E-state index is -0.626. The highest BCUT2D eigenvalue weighted by Crippen LogP contribution is 2.40. The van der Waals surface area contributed by atoms with Crippen molar-refractivity contribution in [2.24, 2.45) is 11.3 Å². The van der Waals surface area contributed by atoms with E-state index < -0.39 is 5.60 Å². The van der Waals surface area contributed by atoms with Crippen molar-refractivity contribution in [2.45, 2.75) is 72.0 Å². The molecule has 0 aromatic carbocycles. The molecular formula is C17H31NO2. The number of rotatable bonds is 2. The average molecular weight is 281 g/mol. The lowest BCUT2D eigenvalue weighted by atomic mass is 9.85. The molecule has 0 radical (unpaired) electrons. The van der Waals surface area contributed by atoms with Gasteiger partial charge in [-0.1, -0.05) is 13.8 Å². The number of ether oxygens (including phenoxy) is 1. The second-order valence-corrected chi connectivity index (χ2v) is 8.45. The van der Waals surface area contributed by atoms with Crippen molar-refractivity contribution in [3.05, 3.63) is 0 Å². The fourth-order valence-electron chi connectivity index (χ4n) is 3.74. The lowest BCUT2D eigenvalue weighted by Crippen LogP contribution is -2.41. The van der Waals surface area contributed by atoms with Crippen LogP contribution in [-0.4, -0.2) is 41.5 Å². The Morgan fingerprint density at radius 1 is 1.10 bits per heavy atom. The summed E-state index contributed by atoms with van der Waals surface area (Å²) in [4.78, 5) is 15.1. The van der Waals surface area contributed by atoms with Gasteiger partial charge >= 0.3 is 0 Å². The molecule has 2 aliphatic heterocycles. The summed E-state index contributed by atoms with van der Waals surface area (Å²) in [7, 11) is 0. The molecule has 0 aromatic rings. The molecule has 0 saturated carbocycles. The van der Waals surface area contributed by atoms with Crippen LogP contribution in [0, 0.1) is 11.3 Å². The Morgan fingerprint density at radius 3 is 2.30 bits per heavy atom. The number of carbonyl (C=O) groups excluding carboxylic acids is 1. The van der Waals surface area contributed by atoms with Crippen LogP contribution in [0.2, 0.25) is 0 Å². The Bertz CT molecular complexity index is 384. The molecule has 3 heteroatoms. The maximum Gasteiger partial charge on any atom is 0.171 e. The quantitative estimate of drug-likeness (QED) is 0.778. The molecule has 2 saturated heterocycles. The largest absolute Gasteiger partial charge is 0.361 e.